The van der Waals surface area contributed by atoms with Crippen LogP contribution in [0.25, 0.3) is 0 Å². The van der Waals surface area contributed by atoms with E-state index >= 15 is 0 Å². The Balaban J connectivity index is 2.09. The van der Waals surface area contributed by atoms with Gasteiger partial charge in [-0.3, -0.25) is 4.79 Å². The van der Waals surface area contributed by atoms with Crippen molar-refractivity contribution in [1.29, 1.82) is 0 Å². The van der Waals surface area contributed by atoms with E-state index in [-0.39, 0.29) is 16.7 Å². The lowest BCUT2D eigenvalue weighted by Gasteiger charge is -2.34. The van der Waals surface area contributed by atoms with E-state index in [9.17, 15) is 4.79 Å². The molecule has 1 unspecified atom stereocenters. The van der Waals surface area contributed by atoms with Crippen LogP contribution in [0.1, 0.15) is 53.4 Å². The van der Waals surface area contributed by atoms with Gasteiger partial charge in [0.1, 0.15) is 0 Å². The number of hydrogen-bond donors (Lipinski definition) is 1. The van der Waals surface area contributed by atoms with E-state index in [2.05, 4.69) is 26.1 Å². The van der Waals surface area contributed by atoms with Crippen LogP contribution in [-0.4, -0.2) is 30.5 Å². The molecular weight excluding hydrogens is 262 g/mol. The Morgan fingerprint density at radius 1 is 1.42 bits per heavy atom. The number of carbonyl (C=O) groups excluding carboxylic acids is 1. The maximum Gasteiger partial charge on any atom is 0.220 e. The molecule has 0 spiro atoms. The molecule has 0 bridgehead atoms. The minimum absolute atomic E-state index is 0.0153. The predicted molar refractivity (Wildman–Crippen MR) is 79.5 cm³/mol. The zero-order valence-electron chi connectivity index (χ0n) is 12.7. The molecule has 1 rings (SSSR count). The highest BCUT2D eigenvalue weighted by Crippen LogP contribution is 2.32. The maximum absolute atomic E-state index is 11.8. The highest BCUT2D eigenvalue weighted by Gasteiger charge is 2.31. The number of rotatable bonds is 7. The van der Waals surface area contributed by atoms with Crippen LogP contribution in [0.2, 0.25) is 0 Å². The predicted octanol–water partition coefficient (Wildman–Crippen LogP) is 3.35. The Bertz CT molecular complexity index is 282. The Hall–Kier alpha value is -0.280. The van der Waals surface area contributed by atoms with Crippen molar-refractivity contribution in [2.75, 3.05) is 13.2 Å². The highest BCUT2D eigenvalue weighted by atomic mass is 35.5. The van der Waals surface area contributed by atoms with Crippen molar-refractivity contribution in [3.8, 4) is 0 Å². The summed E-state index contributed by atoms with van der Waals surface area (Å²) in [6, 6.07) is 0. The smallest absolute Gasteiger partial charge is 0.220 e. The summed E-state index contributed by atoms with van der Waals surface area (Å²) in [7, 11) is 0. The van der Waals surface area contributed by atoms with Crippen molar-refractivity contribution in [1.82, 2.24) is 5.32 Å². The second-order valence-corrected chi connectivity index (χ2v) is 7.40. The van der Waals surface area contributed by atoms with Crippen molar-refractivity contribution < 1.29 is 9.53 Å². The van der Waals surface area contributed by atoms with Gasteiger partial charge in [-0.2, -0.15) is 0 Å². The molecule has 0 aromatic rings. The summed E-state index contributed by atoms with van der Waals surface area (Å²) in [5, 5.41) is 2.95. The van der Waals surface area contributed by atoms with Gasteiger partial charge in [-0.15, -0.1) is 11.6 Å². The lowest BCUT2D eigenvalue weighted by molar-refractivity contribution is -0.124. The summed E-state index contributed by atoms with van der Waals surface area (Å²) in [6.07, 6.45) is 3.94. The minimum Gasteiger partial charge on any atom is -0.378 e. The summed E-state index contributed by atoms with van der Waals surface area (Å²) in [5.74, 6) is 0.618. The third-order valence-electron chi connectivity index (χ3n) is 3.42. The van der Waals surface area contributed by atoms with Gasteiger partial charge < -0.3 is 10.1 Å². The molecule has 0 aromatic carbocycles. The van der Waals surface area contributed by atoms with Crippen LogP contribution < -0.4 is 5.32 Å². The molecular formula is C15H28ClNO2. The van der Waals surface area contributed by atoms with Crippen LogP contribution in [0.3, 0.4) is 0 Å². The Morgan fingerprint density at radius 3 is 2.58 bits per heavy atom. The lowest BCUT2D eigenvalue weighted by atomic mass is 9.80. The summed E-state index contributed by atoms with van der Waals surface area (Å²) in [6.45, 7) is 9.82. The van der Waals surface area contributed by atoms with Crippen molar-refractivity contribution >= 4 is 17.5 Å². The second kappa shape index (κ2) is 7.49. The van der Waals surface area contributed by atoms with E-state index in [0.717, 1.165) is 25.9 Å². The van der Waals surface area contributed by atoms with E-state index in [1.165, 1.54) is 0 Å². The van der Waals surface area contributed by atoms with Crippen LogP contribution in [0, 0.1) is 11.3 Å². The van der Waals surface area contributed by atoms with Gasteiger partial charge >= 0.3 is 0 Å². The molecule has 1 aliphatic rings. The molecule has 112 valence electrons. The monoisotopic (exact) mass is 289 g/mol. The molecule has 3 nitrogen and oxygen atoms in total. The van der Waals surface area contributed by atoms with Gasteiger partial charge in [-0.1, -0.05) is 20.8 Å². The normalized spacial score (nSPS) is 24.7. The van der Waals surface area contributed by atoms with E-state index in [0.29, 0.717) is 25.0 Å². The third-order valence-corrected chi connectivity index (χ3v) is 3.73. The second-order valence-electron chi connectivity index (χ2n) is 6.79. The van der Waals surface area contributed by atoms with Crippen molar-refractivity contribution in [2.45, 2.75) is 64.9 Å². The largest absolute Gasteiger partial charge is 0.378 e. The molecule has 0 aliphatic heterocycles. The maximum atomic E-state index is 11.8. The molecule has 0 radical (unpaired) electrons. The number of nitrogens with one attached hydrogen (secondary N) is 1. The molecule has 0 aromatic heterocycles. The van der Waals surface area contributed by atoms with Gasteiger partial charge in [0, 0.05) is 19.6 Å². The fourth-order valence-electron chi connectivity index (χ4n) is 2.51. The molecule has 1 amide bonds. The first-order valence-electron chi connectivity index (χ1n) is 7.32. The molecule has 1 atom stereocenters. The van der Waals surface area contributed by atoms with E-state index < -0.39 is 0 Å². The number of alkyl halides is 1. The topological polar surface area (TPSA) is 38.3 Å². The van der Waals surface area contributed by atoms with Gasteiger partial charge in [-0.25, -0.2) is 0 Å². The zero-order chi connectivity index (χ0) is 14.5. The molecule has 1 aliphatic carbocycles. The van der Waals surface area contributed by atoms with E-state index in [4.69, 9.17) is 16.3 Å². The van der Waals surface area contributed by atoms with Crippen LogP contribution in [0.4, 0.5) is 0 Å². The van der Waals surface area contributed by atoms with Crippen LogP contribution in [0.15, 0.2) is 0 Å². The molecule has 0 saturated heterocycles. The first-order valence-corrected chi connectivity index (χ1v) is 7.76. The molecule has 4 heteroatoms. The van der Waals surface area contributed by atoms with E-state index in [1.807, 2.05) is 6.92 Å². The summed E-state index contributed by atoms with van der Waals surface area (Å²) in [5.41, 5.74) is 0.204. The first kappa shape index (κ1) is 16.8. The zero-order valence-corrected chi connectivity index (χ0v) is 13.4. The summed E-state index contributed by atoms with van der Waals surface area (Å²) in [4.78, 5) is 11.8. The van der Waals surface area contributed by atoms with Crippen LogP contribution >= 0.6 is 11.6 Å². The summed E-state index contributed by atoms with van der Waals surface area (Å²) >= 11 is 6.22. The molecule has 1 fully saturated rings. The number of ether oxygens (including phenoxy) is 1. The third kappa shape index (κ3) is 7.17. The number of carbonyl (C=O) groups is 1. The fraction of sp³-hybridized carbons (Fsp3) is 0.933. The van der Waals surface area contributed by atoms with Gasteiger partial charge in [-0.05, 0) is 37.5 Å². The Labute approximate surface area is 122 Å². The average Bonchev–Trinajstić information content (AvgIpc) is 2.21. The van der Waals surface area contributed by atoms with Crippen molar-refractivity contribution in [2.24, 2.45) is 11.3 Å². The standard InChI is InChI=1S/C15H28ClNO2/c1-5-19-13-6-11(7-13)8-14(18)17-10-12(16)9-15(2,3)4/h11-13H,5-10H2,1-4H3,(H,17,18). The quantitative estimate of drug-likeness (QED) is 0.730. The fourth-order valence-corrected chi connectivity index (χ4v) is 3.05. The van der Waals surface area contributed by atoms with Gasteiger partial charge in [0.15, 0.2) is 0 Å². The summed E-state index contributed by atoms with van der Waals surface area (Å²) < 4.78 is 5.49. The van der Waals surface area contributed by atoms with Gasteiger partial charge in [0.05, 0.1) is 11.5 Å². The number of amides is 1. The number of halogens is 1. The Morgan fingerprint density at radius 2 is 2.05 bits per heavy atom. The highest BCUT2D eigenvalue weighted by molar-refractivity contribution is 6.20. The SMILES string of the molecule is CCOC1CC(CC(=O)NCC(Cl)CC(C)(C)C)C1. The van der Waals surface area contributed by atoms with Crippen LogP contribution in [0.5, 0.6) is 0 Å². The molecule has 0 heterocycles. The average molecular weight is 290 g/mol. The van der Waals surface area contributed by atoms with Gasteiger partial charge in [0.2, 0.25) is 5.91 Å². The Kier molecular flexibility index (Phi) is 6.61. The van der Waals surface area contributed by atoms with Gasteiger partial charge in [0.25, 0.3) is 0 Å². The molecule has 19 heavy (non-hydrogen) atoms. The molecule has 1 saturated carbocycles. The van der Waals surface area contributed by atoms with Crippen LogP contribution in [-0.2, 0) is 9.53 Å². The van der Waals surface area contributed by atoms with Crippen molar-refractivity contribution in [3.05, 3.63) is 0 Å². The number of hydrogen-bond acceptors (Lipinski definition) is 2. The lowest BCUT2D eigenvalue weighted by Crippen LogP contribution is -2.37. The van der Waals surface area contributed by atoms with Crippen molar-refractivity contribution in [3.63, 3.8) is 0 Å². The minimum atomic E-state index is 0.0153. The molecule has 1 N–H and O–H groups in total. The first-order chi connectivity index (χ1) is 8.80. The van der Waals surface area contributed by atoms with E-state index in [1.54, 1.807) is 0 Å².